The van der Waals surface area contributed by atoms with Crippen LogP contribution in [0, 0.1) is 17.1 Å². The highest BCUT2D eigenvalue weighted by Crippen LogP contribution is 2.25. The zero-order valence-corrected chi connectivity index (χ0v) is 11.2. The van der Waals surface area contributed by atoms with E-state index in [0.717, 1.165) is 5.52 Å². The number of hydrogen-bond donors (Lipinski definition) is 1. The fourth-order valence-electron chi connectivity index (χ4n) is 1.90. The summed E-state index contributed by atoms with van der Waals surface area (Å²) in [4.78, 5) is 7.45. The Kier molecular flexibility index (Phi) is 2.80. The summed E-state index contributed by atoms with van der Waals surface area (Å²) in [6.45, 7) is 0. The number of halogens is 2. The fraction of sp³-hybridized carbons (Fsp3) is 0. The van der Waals surface area contributed by atoms with Gasteiger partial charge in [-0.3, -0.25) is 0 Å². The van der Waals surface area contributed by atoms with Crippen molar-refractivity contribution < 1.29 is 4.39 Å². The summed E-state index contributed by atoms with van der Waals surface area (Å²) in [6.07, 6.45) is 0. The molecule has 0 saturated heterocycles. The maximum absolute atomic E-state index is 13.5. The number of rotatable bonds is 1. The van der Waals surface area contributed by atoms with Gasteiger partial charge in [-0.2, -0.15) is 5.26 Å². The third kappa shape index (κ3) is 2.00. The van der Waals surface area contributed by atoms with E-state index in [-0.39, 0.29) is 5.82 Å². The van der Waals surface area contributed by atoms with Crippen molar-refractivity contribution in [2.75, 3.05) is 0 Å². The quantitative estimate of drug-likeness (QED) is 0.737. The predicted molar refractivity (Wildman–Crippen MR) is 73.9 cm³/mol. The number of nitrogens with one attached hydrogen (secondary N) is 1. The van der Waals surface area contributed by atoms with Crippen LogP contribution in [0.2, 0.25) is 0 Å². The van der Waals surface area contributed by atoms with Gasteiger partial charge in [0.25, 0.3) is 0 Å². The lowest BCUT2D eigenvalue weighted by Gasteiger charge is -1.98. The summed E-state index contributed by atoms with van der Waals surface area (Å²) in [6, 6.07) is 12.2. The Hall–Kier alpha value is -2.19. The largest absolute Gasteiger partial charge is 0.338 e. The molecule has 0 spiro atoms. The molecule has 0 bridgehead atoms. The van der Waals surface area contributed by atoms with Crippen molar-refractivity contribution in [2.24, 2.45) is 0 Å². The Bertz CT molecular complexity index is 817. The molecule has 0 radical (unpaired) electrons. The van der Waals surface area contributed by atoms with E-state index >= 15 is 0 Å². The zero-order valence-electron chi connectivity index (χ0n) is 9.61. The maximum Gasteiger partial charge on any atom is 0.138 e. The van der Waals surface area contributed by atoms with E-state index in [1.54, 1.807) is 24.3 Å². The smallest absolute Gasteiger partial charge is 0.138 e. The number of benzene rings is 2. The van der Waals surface area contributed by atoms with Crippen molar-refractivity contribution in [1.82, 2.24) is 9.97 Å². The minimum atomic E-state index is -0.349. The van der Waals surface area contributed by atoms with Gasteiger partial charge in [0.05, 0.1) is 15.6 Å². The first kappa shape index (κ1) is 11.9. The van der Waals surface area contributed by atoms with Crippen LogP contribution in [0.15, 0.2) is 40.9 Å². The van der Waals surface area contributed by atoms with Crippen LogP contribution >= 0.6 is 15.9 Å². The van der Waals surface area contributed by atoms with E-state index in [2.05, 4.69) is 32.0 Å². The van der Waals surface area contributed by atoms with Gasteiger partial charge in [-0.1, -0.05) is 6.07 Å². The molecule has 92 valence electrons. The number of para-hydroxylation sites is 1. The Morgan fingerprint density at radius 2 is 2.11 bits per heavy atom. The maximum atomic E-state index is 13.5. The van der Waals surface area contributed by atoms with Gasteiger partial charge >= 0.3 is 0 Å². The molecule has 3 nitrogen and oxygen atoms in total. The molecule has 0 unspecified atom stereocenters. The van der Waals surface area contributed by atoms with Crippen LogP contribution in [0.5, 0.6) is 0 Å². The molecule has 0 saturated carbocycles. The van der Waals surface area contributed by atoms with Crippen LogP contribution in [0.25, 0.3) is 22.4 Å². The number of imidazole rings is 1. The lowest BCUT2D eigenvalue weighted by atomic mass is 10.2. The van der Waals surface area contributed by atoms with E-state index in [1.807, 2.05) is 6.07 Å². The normalized spacial score (nSPS) is 10.6. The summed E-state index contributed by atoms with van der Waals surface area (Å²) in [5.74, 6) is 0.197. The Labute approximate surface area is 116 Å². The second-order valence-corrected chi connectivity index (χ2v) is 4.88. The summed E-state index contributed by atoms with van der Waals surface area (Å²) >= 11 is 3.11. The molecule has 2 aromatic carbocycles. The molecule has 0 fully saturated rings. The average Bonchev–Trinajstić information content (AvgIpc) is 2.85. The third-order valence-corrected chi connectivity index (χ3v) is 3.47. The van der Waals surface area contributed by atoms with E-state index in [0.29, 0.717) is 26.9 Å². The van der Waals surface area contributed by atoms with E-state index in [1.165, 1.54) is 6.07 Å². The van der Waals surface area contributed by atoms with Crippen LogP contribution in [0.4, 0.5) is 4.39 Å². The molecule has 19 heavy (non-hydrogen) atoms. The van der Waals surface area contributed by atoms with E-state index in [4.69, 9.17) is 5.26 Å². The minimum Gasteiger partial charge on any atom is -0.338 e. The highest BCUT2D eigenvalue weighted by Gasteiger charge is 2.10. The molecule has 0 aliphatic carbocycles. The highest BCUT2D eigenvalue weighted by atomic mass is 79.9. The number of nitriles is 1. The number of nitrogens with zero attached hydrogens (tertiary/aromatic N) is 2. The summed E-state index contributed by atoms with van der Waals surface area (Å²) in [7, 11) is 0. The first-order valence-electron chi connectivity index (χ1n) is 5.53. The molecule has 0 atom stereocenters. The zero-order chi connectivity index (χ0) is 13.4. The van der Waals surface area contributed by atoms with Crippen LogP contribution < -0.4 is 0 Å². The molecule has 1 N–H and O–H groups in total. The van der Waals surface area contributed by atoms with Crippen LogP contribution in [-0.2, 0) is 0 Å². The topological polar surface area (TPSA) is 52.5 Å². The van der Waals surface area contributed by atoms with Crippen LogP contribution in [0.1, 0.15) is 5.56 Å². The van der Waals surface area contributed by atoms with Gasteiger partial charge in [0.2, 0.25) is 0 Å². The molecule has 3 rings (SSSR count). The summed E-state index contributed by atoms with van der Waals surface area (Å²) in [5.41, 5.74) is 2.50. The number of H-pyrrole nitrogens is 1. The standard InChI is InChI=1S/C14H7BrFN3/c15-10-5-4-8(6-11(10)16)14-18-12-3-1-2-9(7-17)13(12)19-14/h1-6H,(H,18,19). The van der Waals surface area contributed by atoms with Crippen molar-refractivity contribution in [2.45, 2.75) is 0 Å². The highest BCUT2D eigenvalue weighted by molar-refractivity contribution is 9.10. The van der Waals surface area contributed by atoms with Gasteiger partial charge in [0.1, 0.15) is 23.2 Å². The van der Waals surface area contributed by atoms with Gasteiger partial charge in [-0.15, -0.1) is 0 Å². The average molecular weight is 316 g/mol. The molecule has 0 aliphatic rings. The van der Waals surface area contributed by atoms with Gasteiger partial charge in [0, 0.05) is 5.56 Å². The first-order valence-corrected chi connectivity index (χ1v) is 6.32. The van der Waals surface area contributed by atoms with Crippen molar-refractivity contribution >= 4 is 27.0 Å². The molecular formula is C14H7BrFN3. The van der Waals surface area contributed by atoms with Crippen molar-refractivity contribution in [3.63, 3.8) is 0 Å². The molecule has 0 aliphatic heterocycles. The lowest BCUT2D eigenvalue weighted by Crippen LogP contribution is -1.83. The summed E-state index contributed by atoms with van der Waals surface area (Å²) in [5, 5.41) is 9.03. The van der Waals surface area contributed by atoms with Crippen LogP contribution in [0.3, 0.4) is 0 Å². The molecule has 5 heteroatoms. The van der Waals surface area contributed by atoms with Gasteiger partial charge in [0.15, 0.2) is 0 Å². The van der Waals surface area contributed by atoms with Gasteiger partial charge in [-0.25, -0.2) is 9.37 Å². The molecule has 1 heterocycles. The fourth-order valence-corrected chi connectivity index (χ4v) is 2.15. The van der Waals surface area contributed by atoms with Crippen molar-refractivity contribution in [1.29, 1.82) is 5.26 Å². The Morgan fingerprint density at radius 3 is 2.84 bits per heavy atom. The molecular weight excluding hydrogens is 309 g/mol. The van der Waals surface area contributed by atoms with Gasteiger partial charge < -0.3 is 4.98 Å². The number of fused-ring (bicyclic) bond motifs is 1. The second kappa shape index (κ2) is 4.48. The Morgan fingerprint density at radius 1 is 1.26 bits per heavy atom. The monoisotopic (exact) mass is 315 g/mol. The summed E-state index contributed by atoms with van der Waals surface area (Å²) < 4.78 is 13.9. The Balaban J connectivity index is 2.21. The van der Waals surface area contributed by atoms with Crippen molar-refractivity contribution in [3.8, 4) is 17.5 Å². The third-order valence-electron chi connectivity index (χ3n) is 2.83. The predicted octanol–water partition coefficient (Wildman–Crippen LogP) is 4.00. The number of hydrogen-bond acceptors (Lipinski definition) is 2. The van der Waals surface area contributed by atoms with Crippen LogP contribution in [-0.4, -0.2) is 9.97 Å². The molecule has 3 aromatic rings. The minimum absolute atomic E-state index is 0.349. The van der Waals surface area contributed by atoms with Crippen molar-refractivity contribution in [3.05, 3.63) is 52.3 Å². The lowest BCUT2D eigenvalue weighted by molar-refractivity contribution is 0.621. The van der Waals surface area contributed by atoms with E-state index < -0.39 is 0 Å². The molecule has 1 aromatic heterocycles. The van der Waals surface area contributed by atoms with E-state index in [9.17, 15) is 4.39 Å². The molecule has 0 amide bonds. The second-order valence-electron chi connectivity index (χ2n) is 4.03. The SMILES string of the molecule is N#Cc1cccc2[nH]c(-c3ccc(Br)c(F)c3)nc12. The first-order chi connectivity index (χ1) is 9.19. The number of aromatic amines is 1. The number of aromatic nitrogens is 2. The van der Waals surface area contributed by atoms with Gasteiger partial charge in [-0.05, 0) is 46.3 Å².